The second-order valence-electron chi connectivity index (χ2n) is 7.87. The third kappa shape index (κ3) is 4.82. The molecule has 2 unspecified atom stereocenters. The lowest BCUT2D eigenvalue weighted by Crippen LogP contribution is -2.48. The molecular weight excluding hydrogens is 396 g/mol. The molecule has 1 saturated heterocycles. The summed E-state index contributed by atoms with van der Waals surface area (Å²) in [6.45, 7) is 1.55. The highest BCUT2D eigenvalue weighted by atomic mass is 32.1. The van der Waals surface area contributed by atoms with Gasteiger partial charge in [0, 0.05) is 30.9 Å². The predicted molar refractivity (Wildman–Crippen MR) is 117 cm³/mol. The lowest BCUT2D eigenvalue weighted by molar-refractivity contribution is -0.140. The van der Waals surface area contributed by atoms with E-state index in [1.54, 1.807) is 29.5 Å². The fourth-order valence-corrected chi connectivity index (χ4v) is 4.84. The highest BCUT2D eigenvalue weighted by Crippen LogP contribution is 2.32. The molecule has 3 heterocycles. The Kier molecular flexibility index (Phi) is 6.33. The number of hydrogen-bond donors (Lipinski definition) is 0. The second-order valence-corrected chi connectivity index (χ2v) is 8.90. The number of carbonyl (C=O) groups excluding carboxylic acids is 2. The Morgan fingerprint density at radius 3 is 2.63 bits per heavy atom. The second kappa shape index (κ2) is 9.30. The van der Waals surface area contributed by atoms with E-state index in [2.05, 4.69) is 12.1 Å². The summed E-state index contributed by atoms with van der Waals surface area (Å²) in [5.74, 6) is 0.826. The number of furan rings is 1. The Labute approximate surface area is 180 Å². The van der Waals surface area contributed by atoms with E-state index in [0.717, 1.165) is 17.1 Å². The molecule has 0 N–H and O–H groups in total. The molecular formula is C24H26N2O3S. The Bertz CT molecular complexity index is 954. The van der Waals surface area contributed by atoms with E-state index in [1.807, 2.05) is 52.7 Å². The fraction of sp³-hybridized carbons (Fsp3) is 0.333. The maximum absolute atomic E-state index is 13.2. The van der Waals surface area contributed by atoms with Crippen LogP contribution in [-0.2, 0) is 22.6 Å². The number of carbonyl (C=O) groups is 2. The molecule has 0 saturated carbocycles. The first-order valence-corrected chi connectivity index (χ1v) is 11.1. The zero-order valence-electron chi connectivity index (χ0n) is 17.1. The maximum atomic E-state index is 13.2. The quantitative estimate of drug-likeness (QED) is 0.599. The highest BCUT2D eigenvalue weighted by molar-refractivity contribution is 7.10. The molecule has 1 aromatic carbocycles. The summed E-state index contributed by atoms with van der Waals surface area (Å²) in [5, 5.41) is 1.99. The molecule has 30 heavy (non-hydrogen) atoms. The summed E-state index contributed by atoms with van der Waals surface area (Å²) in [5.41, 5.74) is 1.18. The van der Waals surface area contributed by atoms with Gasteiger partial charge in [-0.2, -0.15) is 0 Å². The molecule has 1 aliphatic rings. The van der Waals surface area contributed by atoms with Crippen LogP contribution in [0, 0.1) is 5.92 Å². The SMILES string of the molecule is CN(Cc1ccco1)C(=O)C1CC(c2ccccc2)CN(C(=O)Cc2cccs2)C1. The van der Waals surface area contributed by atoms with Crippen LogP contribution in [0.5, 0.6) is 0 Å². The molecule has 3 aromatic rings. The van der Waals surface area contributed by atoms with E-state index in [4.69, 9.17) is 4.42 Å². The third-order valence-corrected chi connectivity index (χ3v) is 6.55. The Morgan fingerprint density at radius 1 is 1.10 bits per heavy atom. The van der Waals surface area contributed by atoms with Gasteiger partial charge in [0.25, 0.3) is 0 Å². The molecule has 5 nitrogen and oxygen atoms in total. The van der Waals surface area contributed by atoms with Crippen molar-refractivity contribution in [1.29, 1.82) is 0 Å². The van der Waals surface area contributed by atoms with Gasteiger partial charge in [-0.3, -0.25) is 9.59 Å². The minimum atomic E-state index is -0.226. The topological polar surface area (TPSA) is 53.8 Å². The van der Waals surface area contributed by atoms with E-state index in [0.29, 0.717) is 26.1 Å². The van der Waals surface area contributed by atoms with Crippen LogP contribution in [0.25, 0.3) is 0 Å². The normalized spacial score (nSPS) is 18.9. The minimum absolute atomic E-state index is 0.0564. The maximum Gasteiger partial charge on any atom is 0.227 e. The Hall–Kier alpha value is -2.86. The molecule has 0 radical (unpaired) electrons. The fourth-order valence-electron chi connectivity index (χ4n) is 4.15. The van der Waals surface area contributed by atoms with Crippen molar-refractivity contribution in [1.82, 2.24) is 9.80 Å². The standard InChI is InChI=1S/C24H26N2O3S/c1-25(17-21-9-5-11-29-21)24(28)20-13-19(18-7-3-2-4-8-18)15-26(16-20)23(27)14-22-10-6-12-30-22/h2-12,19-20H,13-17H2,1H3. The van der Waals surface area contributed by atoms with Gasteiger partial charge in [-0.05, 0) is 35.6 Å². The van der Waals surface area contributed by atoms with Crippen molar-refractivity contribution >= 4 is 23.2 Å². The zero-order valence-corrected chi connectivity index (χ0v) is 17.9. The minimum Gasteiger partial charge on any atom is -0.467 e. The molecule has 4 rings (SSSR count). The van der Waals surface area contributed by atoms with Crippen molar-refractivity contribution in [2.75, 3.05) is 20.1 Å². The summed E-state index contributed by atoms with van der Waals surface area (Å²) >= 11 is 1.59. The van der Waals surface area contributed by atoms with Crippen LogP contribution in [0.1, 0.15) is 28.5 Å². The van der Waals surface area contributed by atoms with Gasteiger partial charge in [0.2, 0.25) is 11.8 Å². The highest BCUT2D eigenvalue weighted by Gasteiger charge is 2.35. The van der Waals surface area contributed by atoms with Crippen LogP contribution in [0.2, 0.25) is 0 Å². The van der Waals surface area contributed by atoms with Gasteiger partial charge in [-0.25, -0.2) is 0 Å². The van der Waals surface area contributed by atoms with Crippen LogP contribution in [0.15, 0.2) is 70.7 Å². The van der Waals surface area contributed by atoms with Crippen molar-refractivity contribution < 1.29 is 14.0 Å². The van der Waals surface area contributed by atoms with Crippen molar-refractivity contribution in [2.45, 2.75) is 25.3 Å². The van der Waals surface area contributed by atoms with Gasteiger partial charge in [-0.1, -0.05) is 36.4 Å². The summed E-state index contributed by atoms with van der Waals surface area (Å²) < 4.78 is 5.39. The lowest BCUT2D eigenvalue weighted by Gasteiger charge is -2.38. The third-order valence-electron chi connectivity index (χ3n) is 5.68. The Balaban J connectivity index is 1.51. The van der Waals surface area contributed by atoms with Crippen LogP contribution in [0.4, 0.5) is 0 Å². The van der Waals surface area contributed by atoms with E-state index in [-0.39, 0.29) is 23.7 Å². The van der Waals surface area contributed by atoms with Gasteiger partial charge in [0.05, 0.1) is 25.1 Å². The number of likely N-dealkylation sites (tertiary alicyclic amines) is 1. The van der Waals surface area contributed by atoms with E-state index >= 15 is 0 Å². The van der Waals surface area contributed by atoms with Gasteiger partial charge in [0.15, 0.2) is 0 Å². The number of nitrogens with zero attached hydrogens (tertiary/aromatic N) is 2. The molecule has 2 amide bonds. The van der Waals surface area contributed by atoms with Crippen LogP contribution < -0.4 is 0 Å². The first kappa shape index (κ1) is 20.4. The smallest absolute Gasteiger partial charge is 0.227 e. The zero-order chi connectivity index (χ0) is 20.9. The largest absolute Gasteiger partial charge is 0.467 e. The van der Waals surface area contributed by atoms with E-state index in [9.17, 15) is 9.59 Å². The number of rotatable bonds is 6. The molecule has 1 fully saturated rings. The molecule has 1 aliphatic heterocycles. The molecule has 156 valence electrons. The van der Waals surface area contributed by atoms with Gasteiger partial charge in [0.1, 0.15) is 5.76 Å². The van der Waals surface area contributed by atoms with Crippen LogP contribution in [-0.4, -0.2) is 41.8 Å². The van der Waals surface area contributed by atoms with Crippen LogP contribution >= 0.6 is 11.3 Å². The molecule has 2 aromatic heterocycles. The van der Waals surface area contributed by atoms with Gasteiger partial charge in [-0.15, -0.1) is 11.3 Å². The average Bonchev–Trinajstić information content (AvgIpc) is 3.48. The first-order valence-electron chi connectivity index (χ1n) is 10.2. The van der Waals surface area contributed by atoms with E-state index in [1.165, 1.54) is 5.56 Å². The van der Waals surface area contributed by atoms with E-state index < -0.39 is 0 Å². The van der Waals surface area contributed by atoms with Crippen molar-refractivity contribution in [3.05, 3.63) is 82.4 Å². The molecule has 0 bridgehead atoms. The summed E-state index contributed by atoms with van der Waals surface area (Å²) in [6, 6.07) is 17.8. The summed E-state index contributed by atoms with van der Waals surface area (Å²) in [6.07, 6.45) is 2.75. The molecule has 0 spiro atoms. The molecule has 6 heteroatoms. The number of thiophene rings is 1. The van der Waals surface area contributed by atoms with Gasteiger partial charge < -0.3 is 14.2 Å². The first-order chi connectivity index (χ1) is 14.6. The number of amides is 2. The number of benzene rings is 1. The number of piperidine rings is 1. The molecule has 0 aliphatic carbocycles. The molecule has 2 atom stereocenters. The average molecular weight is 423 g/mol. The predicted octanol–water partition coefficient (Wildman–Crippen LogP) is 4.17. The number of hydrogen-bond acceptors (Lipinski definition) is 4. The van der Waals surface area contributed by atoms with Crippen LogP contribution in [0.3, 0.4) is 0 Å². The lowest BCUT2D eigenvalue weighted by atomic mass is 9.83. The van der Waals surface area contributed by atoms with Crippen molar-refractivity contribution in [3.8, 4) is 0 Å². The summed E-state index contributed by atoms with van der Waals surface area (Å²) in [4.78, 5) is 30.9. The Morgan fingerprint density at radius 2 is 1.93 bits per heavy atom. The van der Waals surface area contributed by atoms with Crippen molar-refractivity contribution in [2.24, 2.45) is 5.92 Å². The summed E-state index contributed by atoms with van der Waals surface area (Å²) in [7, 11) is 1.80. The monoisotopic (exact) mass is 422 g/mol. The van der Waals surface area contributed by atoms with Gasteiger partial charge >= 0.3 is 0 Å². The van der Waals surface area contributed by atoms with Crippen molar-refractivity contribution in [3.63, 3.8) is 0 Å².